The standard InChI is InChI=1S/C55H36/c1-35-45-14-4-6-16-47(45)54(48-17-7-5-15-46(35)48)43-30-28-42-34-44(31-29-41(42)33-43)55-51-20-10-8-18-49(51)53(50-19-9-11-21-52(50)55)38-25-22-37(23-26-38)40-27-24-36-12-2-3-13-39(36)32-40/h2-34H,1H3. The second-order valence-corrected chi connectivity index (χ2v) is 14.8. The molecule has 0 heterocycles. The molecule has 0 amide bonds. The van der Waals surface area contributed by atoms with Crippen LogP contribution in [0.15, 0.2) is 200 Å². The van der Waals surface area contributed by atoms with Gasteiger partial charge in [0.05, 0.1) is 0 Å². The van der Waals surface area contributed by atoms with Gasteiger partial charge in [-0.3, -0.25) is 0 Å². The van der Waals surface area contributed by atoms with Crippen LogP contribution in [0.5, 0.6) is 0 Å². The first kappa shape index (κ1) is 31.5. The van der Waals surface area contributed by atoms with Crippen LogP contribution in [0, 0.1) is 6.92 Å². The maximum Gasteiger partial charge on any atom is -0.00262 e. The molecule has 0 heteroatoms. The predicted octanol–water partition coefficient (Wildman–Crippen LogP) is 15.6. The van der Waals surface area contributed by atoms with Gasteiger partial charge in [-0.25, -0.2) is 0 Å². The summed E-state index contributed by atoms with van der Waals surface area (Å²) in [5, 5.41) is 15.3. The fourth-order valence-electron chi connectivity index (χ4n) is 9.16. The first-order valence-electron chi connectivity index (χ1n) is 19.2. The topological polar surface area (TPSA) is 0 Å². The van der Waals surface area contributed by atoms with E-state index in [2.05, 4.69) is 207 Å². The third-order valence-corrected chi connectivity index (χ3v) is 11.8. The molecule has 0 aliphatic rings. The molecule has 55 heavy (non-hydrogen) atoms. The highest BCUT2D eigenvalue weighted by Crippen LogP contribution is 2.45. The van der Waals surface area contributed by atoms with E-state index in [0.717, 1.165) is 0 Å². The number of hydrogen-bond donors (Lipinski definition) is 0. The summed E-state index contributed by atoms with van der Waals surface area (Å²) in [6.45, 7) is 2.25. The van der Waals surface area contributed by atoms with Crippen molar-refractivity contribution < 1.29 is 0 Å². The Morgan fingerprint density at radius 3 is 1.00 bits per heavy atom. The average Bonchev–Trinajstić information content (AvgIpc) is 3.25. The summed E-state index contributed by atoms with van der Waals surface area (Å²) in [5.74, 6) is 0. The summed E-state index contributed by atoms with van der Waals surface area (Å²) in [7, 11) is 0. The van der Waals surface area contributed by atoms with Crippen LogP contribution < -0.4 is 0 Å². The molecule has 0 atom stereocenters. The number of benzene rings is 11. The highest BCUT2D eigenvalue weighted by Gasteiger charge is 2.18. The van der Waals surface area contributed by atoms with Crippen molar-refractivity contribution >= 4 is 64.6 Å². The highest BCUT2D eigenvalue weighted by atomic mass is 14.2. The number of aryl methyl sites for hydroxylation is 1. The van der Waals surface area contributed by atoms with E-state index in [1.54, 1.807) is 0 Å². The first-order chi connectivity index (χ1) is 27.2. The molecule has 0 saturated heterocycles. The summed E-state index contributed by atoms with van der Waals surface area (Å²) in [5.41, 5.74) is 11.4. The summed E-state index contributed by atoms with van der Waals surface area (Å²) in [4.78, 5) is 0. The molecule has 0 N–H and O–H groups in total. The van der Waals surface area contributed by atoms with Crippen molar-refractivity contribution in [2.24, 2.45) is 0 Å². The predicted molar refractivity (Wildman–Crippen MR) is 238 cm³/mol. The van der Waals surface area contributed by atoms with Crippen molar-refractivity contribution in [1.82, 2.24) is 0 Å². The summed E-state index contributed by atoms with van der Waals surface area (Å²) in [6.07, 6.45) is 0. The molecular weight excluding hydrogens is 661 g/mol. The van der Waals surface area contributed by atoms with Crippen molar-refractivity contribution in [3.63, 3.8) is 0 Å². The molecule has 0 spiro atoms. The molecule has 0 aliphatic heterocycles. The zero-order valence-corrected chi connectivity index (χ0v) is 30.6. The van der Waals surface area contributed by atoms with Crippen LogP contribution in [0.2, 0.25) is 0 Å². The summed E-state index contributed by atoms with van der Waals surface area (Å²) < 4.78 is 0. The lowest BCUT2D eigenvalue weighted by molar-refractivity contribution is 1.58. The van der Waals surface area contributed by atoms with Crippen molar-refractivity contribution in [2.75, 3.05) is 0 Å². The van der Waals surface area contributed by atoms with E-state index in [4.69, 9.17) is 0 Å². The van der Waals surface area contributed by atoms with Crippen LogP contribution in [0.3, 0.4) is 0 Å². The molecule has 0 aromatic heterocycles. The van der Waals surface area contributed by atoms with E-state index in [9.17, 15) is 0 Å². The van der Waals surface area contributed by atoms with Gasteiger partial charge in [0.25, 0.3) is 0 Å². The largest absolute Gasteiger partial charge is 0.0616 e. The number of rotatable bonds is 4. The lowest BCUT2D eigenvalue weighted by Gasteiger charge is -2.18. The van der Waals surface area contributed by atoms with Gasteiger partial charge in [-0.15, -0.1) is 0 Å². The molecule has 0 aliphatic carbocycles. The Balaban J connectivity index is 1.05. The summed E-state index contributed by atoms with van der Waals surface area (Å²) in [6, 6.07) is 74.1. The smallest absolute Gasteiger partial charge is 0.00262 e. The molecule has 0 radical (unpaired) electrons. The lowest BCUT2D eigenvalue weighted by atomic mass is 9.85. The van der Waals surface area contributed by atoms with Gasteiger partial charge < -0.3 is 0 Å². The molecule has 11 rings (SSSR count). The van der Waals surface area contributed by atoms with Gasteiger partial charge in [-0.2, -0.15) is 0 Å². The Morgan fingerprint density at radius 2 is 0.509 bits per heavy atom. The minimum atomic E-state index is 1.22. The zero-order chi connectivity index (χ0) is 36.5. The van der Waals surface area contributed by atoms with E-state index >= 15 is 0 Å². The number of fused-ring (bicyclic) bond motifs is 6. The highest BCUT2D eigenvalue weighted by molar-refractivity contribution is 6.22. The van der Waals surface area contributed by atoms with Gasteiger partial charge in [-0.05, 0) is 140 Å². The van der Waals surface area contributed by atoms with Crippen LogP contribution in [0.1, 0.15) is 5.56 Å². The molecule has 0 nitrogen and oxygen atoms in total. The fraction of sp³-hybridized carbons (Fsp3) is 0.0182. The number of hydrogen-bond acceptors (Lipinski definition) is 0. The van der Waals surface area contributed by atoms with Crippen LogP contribution >= 0.6 is 0 Å². The lowest BCUT2D eigenvalue weighted by Crippen LogP contribution is -1.91. The van der Waals surface area contributed by atoms with E-state index in [1.807, 2.05) is 0 Å². The van der Waals surface area contributed by atoms with Crippen molar-refractivity contribution in [3.05, 3.63) is 206 Å². The fourth-order valence-corrected chi connectivity index (χ4v) is 9.16. The maximum absolute atomic E-state index is 2.39. The molecule has 256 valence electrons. The minimum Gasteiger partial charge on any atom is -0.0616 e. The molecular formula is C55H36. The van der Waals surface area contributed by atoms with Gasteiger partial charge in [0.15, 0.2) is 0 Å². The molecule has 0 saturated carbocycles. The molecule has 11 aromatic rings. The van der Waals surface area contributed by atoms with Crippen molar-refractivity contribution in [2.45, 2.75) is 6.92 Å². The maximum atomic E-state index is 2.39. The monoisotopic (exact) mass is 696 g/mol. The van der Waals surface area contributed by atoms with Crippen LogP contribution in [0.4, 0.5) is 0 Å². The Hall–Kier alpha value is -7.02. The van der Waals surface area contributed by atoms with E-state index in [1.165, 1.54) is 115 Å². The van der Waals surface area contributed by atoms with Gasteiger partial charge in [0.2, 0.25) is 0 Å². The minimum absolute atomic E-state index is 1.22. The van der Waals surface area contributed by atoms with Crippen molar-refractivity contribution in [3.8, 4) is 44.5 Å². The SMILES string of the molecule is Cc1c2ccccc2c(-c2ccc3cc(-c4c5ccccc5c(-c5ccc(-c6ccc7ccccc7c6)cc5)c5ccccc45)ccc3c2)c2ccccc12. The second-order valence-electron chi connectivity index (χ2n) is 14.8. The van der Waals surface area contributed by atoms with E-state index in [-0.39, 0.29) is 0 Å². The molecule has 0 fully saturated rings. The Kier molecular flexibility index (Phi) is 7.19. The summed E-state index contributed by atoms with van der Waals surface area (Å²) >= 11 is 0. The Bertz CT molecular complexity index is 3200. The third-order valence-electron chi connectivity index (χ3n) is 11.8. The normalized spacial score (nSPS) is 11.7. The van der Waals surface area contributed by atoms with Crippen LogP contribution in [-0.4, -0.2) is 0 Å². The van der Waals surface area contributed by atoms with Gasteiger partial charge >= 0.3 is 0 Å². The molecule has 0 unspecified atom stereocenters. The van der Waals surface area contributed by atoms with Gasteiger partial charge in [0.1, 0.15) is 0 Å². The van der Waals surface area contributed by atoms with E-state index < -0.39 is 0 Å². The average molecular weight is 697 g/mol. The second kappa shape index (κ2) is 12.5. The van der Waals surface area contributed by atoms with Crippen molar-refractivity contribution in [1.29, 1.82) is 0 Å². The molecule has 0 bridgehead atoms. The Morgan fingerprint density at radius 1 is 0.218 bits per heavy atom. The van der Waals surface area contributed by atoms with Crippen LogP contribution in [0.25, 0.3) is 109 Å². The third kappa shape index (κ3) is 5.07. The van der Waals surface area contributed by atoms with E-state index in [0.29, 0.717) is 0 Å². The zero-order valence-electron chi connectivity index (χ0n) is 30.6. The Labute approximate surface area is 320 Å². The quantitative estimate of drug-likeness (QED) is 0.161. The van der Waals surface area contributed by atoms with Crippen LogP contribution in [-0.2, 0) is 0 Å². The molecule has 11 aromatic carbocycles. The van der Waals surface area contributed by atoms with Gasteiger partial charge in [-0.1, -0.05) is 182 Å². The first-order valence-corrected chi connectivity index (χ1v) is 19.2. The van der Waals surface area contributed by atoms with Gasteiger partial charge in [0, 0.05) is 0 Å².